The van der Waals surface area contributed by atoms with Gasteiger partial charge in [-0.25, -0.2) is 0 Å². The molecule has 0 saturated carbocycles. The third-order valence-electron chi connectivity index (χ3n) is 7.02. The topological polar surface area (TPSA) is 6.48 Å². The Kier molecular flexibility index (Phi) is 6.55. The molecule has 0 fully saturated rings. The van der Waals surface area contributed by atoms with Crippen molar-refractivity contribution < 1.29 is 0 Å². The molecule has 0 aliphatic heterocycles. The van der Waals surface area contributed by atoms with Crippen LogP contribution in [0.3, 0.4) is 0 Å². The maximum Gasteiger partial charge on any atom is 0.0570 e. The molecule has 4 rings (SSSR count). The van der Waals surface area contributed by atoms with Crippen molar-refractivity contribution in [3.63, 3.8) is 0 Å². The quantitative estimate of drug-likeness (QED) is 0.460. The van der Waals surface area contributed by atoms with Gasteiger partial charge in [-0.2, -0.15) is 0 Å². The van der Waals surface area contributed by atoms with Crippen LogP contribution in [0.15, 0.2) is 59.7 Å². The zero-order chi connectivity index (χ0) is 21.1. The molecule has 0 spiro atoms. The van der Waals surface area contributed by atoms with Gasteiger partial charge in [0, 0.05) is 0 Å². The van der Waals surface area contributed by atoms with E-state index in [4.69, 9.17) is 0 Å². The molecule has 0 N–H and O–H groups in total. The van der Waals surface area contributed by atoms with Crippen molar-refractivity contribution in [3.8, 4) is 0 Å². The SMILES string of the molecule is CCN(CC)C1C(CCC2=Cc3ccccc3C2N(CC)CC)=Cc2ccccc21. The summed E-state index contributed by atoms with van der Waals surface area (Å²) in [6, 6.07) is 18.8. The van der Waals surface area contributed by atoms with Crippen LogP contribution in [0.25, 0.3) is 12.2 Å². The molecule has 0 heterocycles. The van der Waals surface area contributed by atoms with Crippen molar-refractivity contribution >= 4 is 12.2 Å². The minimum Gasteiger partial charge on any atom is -0.293 e. The van der Waals surface area contributed by atoms with Gasteiger partial charge in [-0.15, -0.1) is 0 Å². The monoisotopic (exact) mass is 400 g/mol. The predicted molar refractivity (Wildman–Crippen MR) is 129 cm³/mol. The first-order valence-electron chi connectivity index (χ1n) is 11.8. The summed E-state index contributed by atoms with van der Waals surface area (Å²) in [5.74, 6) is 0. The van der Waals surface area contributed by atoms with E-state index in [1.54, 1.807) is 11.1 Å². The largest absolute Gasteiger partial charge is 0.293 e. The van der Waals surface area contributed by atoms with Gasteiger partial charge in [0.2, 0.25) is 0 Å². The fraction of sp³-hybridized carbons (Fsp3) is 0.429. The van der Waals surface area contributed by atoms with E-state index in [-0.39, 0.29) is 0 Å². The standard InChI is InChI=1S/C28H36N2/c1-5-29(6-2)27-23(19-21-13-9-11-15-25(21)27)17-18-24-20-22-14-10-12-16-26(22)28(24)30(7-3)8-4/h9-16,19-20,27-28H,5-8,17-18H2,1-4H3. The van der Waals surface area contributed by atoms with Gasteiger partial charge in [-0.05, 0) is 72.4 Å². The third kappa shape index (κ3) is 3.79. The van der Waals surface area contributed by atoms with Gasteiger partial charge in [0.15, 0.2) is 0 Å². The smallest absolute Gasteiger partial charge is 0.0570 e. The Hall–Kier alpha value is -2.16. The molecule has 0 saturated heterocycles. The molecule has 2 nitrogen and oxygen atoms in total. The van der Waals surface area contributed by atoms with Crippen molar-refractivity contribution in [1.82, 2.24) is 9.80 Å². The van der Waals surface area contributed by atoms with Gasteiger partial charge in [0.05, 0.1) is 12.1 Å². The number of likely N-dealkylation sites (N-methyl/N-ethyl adjacent to an activating group) is 2. The first-order valence-corrected chi connectivity index (χ1v) is 11.8. The Bertz CT molecular complexity index is 854. The summed E-state index contributed by atoms with van der Waals surface area (Å²) in [6.07, 6.45) is 7.20. The molecule has 0 amide bonds. The zero-order valence-electron chi connectivity index (χ0n) is 19.1. The van der Waals surface area contributed by atoms with E-state index < -0.39 is 0 Å². The Morgan fingerprint density at radius 1 is 0.567 bits per heavy atom. The van der Waals surface area contributed by atoms with Crippen LogP contribution < -0.4 is 0 Å². The van der Waals surface area contributed by atoms with E-state index in [1.807, 2.05) is 0 Å². The maximum atomic E-state index is 2.61. The van der Waals surface area contributed by atoms with Gasteiger partial charge in [0.25, 0.3) is 0 Å². The van der Waals surface area contributed by atoms with Crippen LogP contribution in [-0.4, -0.2) is 36.0 Å². The average Bonchev–Trinajstić information content (AvgIpc) is 3.33. The fourth-order valence-electron chi connectivity index (χ4n) is 5.49. The predicted octanol–water partition coefficient (Wildman–Crippen LogP) is 6.73. The van der Waals surface area contributed by atoms with Gasteiger partial charge in [-0.1, -0.05) is 88.4 Å². The average molecular weight is 401 g/mol. The Balaban J connectivity index is 1.59. The van der Waals surface area contributed by atoms with Crippen LogP contribution in [0.5, 0.6) is 0 Å². The zero-order valence-corrected chi connectivity index (χ0v) is 19.1. The molecule has 2 aliphatic rings. The van der Waals surface area contributed by atoms with Crippen LogP contribution in [0.1, 0.15) is 74.9 Å². The fourth-order valence-corrected chi connectivity index (χ4v) is 5.49. The van der Waals surface area contributed by atoms with Gasteiger partial charge >= 0.3 is 0 Å². The van der Waals surface area contributed by atoms with E-state index in [0.717, 1.165) is 39.0 Å². The second kappa shape index (κ2) is 9.32. The summed E-state index contributed by atoms with van der Waals surface area (Å²) >= 11 is 0. The van der Waals surface area contributed by atoms with Crippen LogP contribution >= 0.6 is 0 Å². The number of rotatable bonds is 9. The van der Waals surface area contributed by atoms with Crippen LogP contribution in [0.2, 0.25) is 0 Å². The highest BCUT2D eigenvalue weighted by Gasteiger charge is 2.32. The summed E-state index contributed by atoms with van der Waals surface area (Å²) in [5.41, 5.74) is 8.95. The number of benzene rings is 2. The molecule has 0 radical (unpaired) electrons. The van der Waals surface area contributed by atoms with Gasteiger partial charge < -0.3 is 0 Å². The molecular formula is C28H36N2. The number of fused-ring (bicyclic) bond motifs is 2. The van der Waals surface area contributed by atoms with E-state index in [0.29, 0.717) is 12.1 Å². The Morgan fingerprint density at radius 2 is 0.933 bits per heavy atom. The summed E-state index contributed by atoms with van der Waals surface area (Å²) < 4.78 is 0. The van der Waals surface area contributed by atoms with Crippen molar-refractivity contribution in [3.05, 3.63) is 81.9 Å². The normalized spacial score (nSPS) is 19.8. The molecule has 2 unspecified atom stereocenters. The van der Waals surface area contributed by atoms with Crippen molar-refractivity contribution in [2.45, 2.75) is 52.6 Å². The molecule has 30 heavy (non-hydrogen) atoms. The minimum absolute atomic E-state index is 0.437. The first kappa shape index (κ1) is 21.1. The third-order valence-corrected chi connectivity index (χ3v) is 7.02. The molecule has 2 heteroatoms. The van der Waals surface area contributed by atoms with Crippen LogP contribution in [-0.2, 0) is 0 Å². The van der Waals surface area contributed by atoms with Crippen molar-refractivity contribution in [2.75, 3.05) is 26.2 Å². The minimum atomic E-state index is 0.437. The van der Waals surface area contributed by atoms with Crippen LogP contribution in [0, 0.1) is 0 Å². The van der Waals surface area contributed by atoms with Gasteiger partial charge in [-0.3, -0.25) is 9.80 Å². The maximum absolute atomic E-state index is 2.61. The Morgan fingerprint density at radius 3 is 1.30 bits per heavy atom. The highest BCUT2D eigenvalue weighted by atomic mass is 15.2. The Labute approximate surface area is 182 Å². The van der Waals surface area contributed by atoms with Crippen LogP contribution in [0.4, 0.5) is 0 Å². The summed E-state index contributed by atoms with van der Waals surface area (Å²) in [6.45, 7) is 13.5. The van der Waals surface area contributed by atoms with E-state index in [1.165, 1.54) is 22.3 Å². The lowest BCUT2D eigenvalue weighted by Gasteiger charge is -2.32. The molecular weight excluding hydrogens is 364 g/mol. The van der Waals surface area contributed by atoms with E-state index in [2.05, 4.69) is 98.2 Å². The lowest BCUT2D eigenvalue weighted by molar-refractivity contribution is 0.240. The molecule has 0 aromatic heterocycles. The molecule has 2 atom stereocenters. The van der Waals surface area contributed by atoms with E-state index in [9.17, 15) is 0 Å². The lowest BCUT2D eigenvalue weighted by atomic mass is 9.93. The second-order valence-corrected chi connectivity index (χ2v) is 8.44. The number of hydrogen-bond donors (Lipinski definition) is 0. The molecule has 2 aromatic rings. The summed E-state index contributed by atoms with van der Waals surface area (Å²) in [4.78, 5) is 5.22. The second-order valence-electron chi connectivity index (χ2n) is 8.44. The van der Waals surface area contributed by atoms with Gasteiger partial charge in [0.1, 0.15) is 0 Å². The molecule has 158 valence electrons. The first-order chi connectivity index (χ1) is 14.7. The highest BCUT2D eigenvalue weighted by Crippen LogP contribution is 2.45. The lowest BCUT2D eigenvalue weighted by Crippen LogP contribution is -2.29. The summed E-state index contributed by atoms with van der Waals surface area (Å²) in [7, 11) is 0. The van der Waals surface area contributed by atoms with Crippen molar-refractivity contribution in [1.29, 1.82) is 0 Å². The number of hydrogen-bond acceptors (Lipinski definition) is 2. The molecule has 2 aliphatic carbocycles. The van der Waals surface area contributed by atoms with E-state index >= 15 is 0 Å². The highest BCUT2D eigenvalue weighted by molar-refractivity contribution is 5.68. The number of nitrogens with zero attached hydrogens (tertiary/aromatic N) is 2. The molecule has 0 bridgehead atoms. The summed E-state index contributed by atoms with van der Waals surface area (Å²) in [5, 5.41) is 0. The molecule has 2 aromatic carbocycles. The van der Waals surface area contributed by atoms with Crippen molar-refractivity contribution in [2.24, 2.45) is 0 Å².